The summed E-state index contributed by atoms with van der Waals surface area (Å²) in [6.45, 7) is 4.23. The van der Waals surface area contributed by atoms with E-state index in [2.05, 4.69) is 0 Å². The van der Waals surface area contributed by atoms with Gasteiger partial charge in [0, 0.05) is 43.6 Å². The highest BCUT2D eigenvalue weighted by Gasteiger charge is 2.47. The Morgan fingerprint density at radius 3 is 2.10 bits per heavy atom. The second-order valence-electron chi connectivity index (χ2n) is 7.64. The van der Waals surface area contributed by atoms with E-state index in [1.54, 1.807) is 31.4 Å². The number of likely N-dealkylation sites (tertiary alicyclic amines) is 1. The van der Waals surface area contributed by atoms with Crippen LogP contribution in [-0.4, -0.2) is 60.7 Å². The summed E-state index contributed by atoms with van der Waals surface area (Å²) >= 11 is 0. The standard InChI is InChI=1S/C23H26N2O4/c1-17-3-5-19(6-4-17)22(27)25-15-16-29-23(25)11-13-24(14-12-23)21(26)18-7-9-20(28-2)10-8-18/h3-10H,11-16H2,1-2H3. The van der Waals surface area contributed by atoms with Crippen LogP contribution in [0.4, 0.5) is 0 Å². The topological polar surface area (TPSA) is 59.1 Å². The number of aryl methyl sites for hydroxylation is 1. The first kappa shape index (κ1) is 19.5. The minimum atomic E-state index is -0.612. The summed E-state index contributed by atoms with van der Waals surface area (Å²) in [6, 6.07) is 14.8. The molecule has 2 aliphatic heterocycles. The van der Waals surface area contributed by atoms with Crippen molar-refractivity contribution in [1.82, 2.24) is 9.80 Å². The van der Waals surface area contributed by atoms with Crippen molar-refractivity contribution in [2.75, 3.05) is 33.4 Å². The van der Waals surface area contributed by atoms with Crippen LogP contribution in [0.1, 0.15) is 39.1 Å². The Hall–Kier alpha value is -2.86. The summed E-state index contributed by atoms with van der Waals surface area (Å²) < 4.78 is 11.2. The number of carbonyl (C=O) groups is 2. The third kappa shape index (κ3) is 3.72. The molecular weight excluding hydrogens is 368 g/mol. The average Bonchev–Trinajstić information content (AvgIpc) is 3.16. The molecule has 2 aliphatic rings. The highest BCUT2D eigenvalue weighted by molar-refractivity contribution is 5.95. The SMILES string of the molecule is COc1ccc(C(=O)N2CCC3(CC2)OCCN3C(=O)c2ccc(C)cc2)cc1. The van der Waals surface area contributed by atoms with E-state index in [0.717, 1.165) is 11.3 Å². The maximum absolute atomic E-state index is 13.1. The predicted molar refractivity (Wildman–Crippen MR) is 109 cm³/mol. The van der Waals surface area contributed by atoms with Gasteiger partial charge < -0.3 is 19.3 Å². The number of rotatable bonds is 3. The molecule has 6 heteroatoms. The molecule has 1 spiro atoms. The van der Waals surface area contributed by atoms with E-state index in [0.29, 0.717) is 50.2 Å². The first-order chi connectivity index (χ1) is 14.0. The molecule has 2 fully saturated rings. The quantitative estimate of drug-likeness (QED) is 0.803. The van der Waals surface area contributed by atoms with Gasteiger partial charge in [0.05, 0.1) is 13.7 Å². The fourth-order valence-electron chi connectivity index (χ4n) is 4.14. The molecule has 0 unspecified atom stereocenters. The second-order valence-corrected chi connectivity index (χ2v) is 7.64. The number of carbonyl (C=O) groups excluding carboxylic acids is 2. The van der Waals surface area contributed by atoms with Crippen LogP contribution >= 0.6 is 0 Å². The van der Waals surface area contributed by atoms with Gasteiger partial charge in [0.2, 0.25) is 0 Å². The molecule has 2 aromatic rings. The van der Waals surface area contributed by atoms with Crippen LogP contribution in [0.3, 0.4) is 0 Å². The molecule has 0 atom stereocenters. The highest BCUT2D eigenvalue weighted by atomic mass is 16.5. The van der Waals surface area contributed by atoms with Crippen LogP contribution in [0.25, 0.3) is 0 Å². The smallest absolute Gasteiger partial charge is 0.256 e. The number of hydrogen-bond donors (Lipinski definition) is 0. The van der Waals surface area contributed by atoms with Crippen molar-refractivity contribution in [3.63, 3.8) is 0 Å². The number of methoxy groups -OCH3 is 1. The van der Waals surface area contributed by atoms with Crippen molar-refractivity contribution in [1.29, 1.82) is 0 Å². The van der Waals surface area contributed by atoms with Crippen LogP contribution in [0.5, 0.6) is 5.75 Å². The maximum Gasteiger partial charge on any atom is 0.256 e. The number of amides is 2. The minimum absolute atomic E-state index is 0.00238. The molecule has 2 aromatic carbocycles. The van der Waals surface area contributed by atoms with Gasteiger partial charge in [0.25, 0.3) is 11.8 Å². The maximum atomic E-state index is 13.1. The van der Waals surface area contributed by atoms with E-state index >= 15 is 0 Å². The molecule has 6 nitrogen and oxygen atoms in total. The zero-order chi connectivity index (χ0) is 20.4. The Bertz CT molecular complexity index is 884. The molecular formula is C23H26N2O4. The van der Waals surface area contributed by atoms with Gasteiger partial charge in [-0.3, -0.25) is 9.59 Å². The molecule has 2 amide bonds. The van der Waals surface area contributed by atoms with E-state index in [4.69, 9.17) is 9.47 Å². The molecule has 0 N–H and O–H groups in total. The van der Waals surface area contributed by atoms with E-state index < -0.39 is 5.72 Å². The molecule has 0 radical (unpaired) electrons. The number of ether oxygens (including phenoxy) is 2. The Balaban J connectivity index is 1.44. The van der Waals surface area contributed by atoms with Gasteiger partial charge in [0.15, 0.2) is 0 Å². The zero-order valence-corrected chi connectivity index (χ0v) is 16.9. The van der Waals surface area contributed by atoms with Crippen molar-refractivity contribution in [2.45, 2.75) is 25.5 Å². The third-order valence-corrected chi connectivity index (χ3v) is 5.89. The number of benzene rings is 2. The molecule has 0 aliphatic carbocycles. The Kier molecular flexibility index (Phi) is 5.28. The zero-order valence-electron chi connectivity index (χ0n) is 16.9. The fraction of sp³-hybridized carbons (Fsp3) is 0.391. The van der Waals surface area contributed by atoms with Crippen molar-refractivity contribution in [3.05, 3.63) is 65.2 Å². The van der Waals surface area contributed by atoms with Gasteiger partial charge in [-0.15, -0.1) is 0 Å². The lowest BCUT2D eigenvalue weighted by Crippen LogP contribution is -2.55. The lowest BCUT2D eigenvalue weighted by molar-refractivity contribution is -0.100. The van der Waals surface area contributed by atoms with Crippen LogP contribution < -0.4 is 4.74 Å². The van der Waals surface area contributed by atoms with Gasteiger partial charge in [-0.1, -0.05) is 17.7 Å². The molecule has 4 rings (SSSR count). The molecule has 2 saturated heterocycles. The van der Waals surface area contributed by atoms with E-state index in [-0.39, 0.29) is 11.8 Å². The van der Waals surface area contributed by atoms with E-state index in [9.17, 15) is 9.59 Å². The van der Waals surface area contributed by atoms with Crippen molar-refractivity contribution >= 4 is 11.8 Å². The van der Waals surface area contributed by atoms with Crippen molar-refractivity contribution in [2.24, 2.45) is 0 Å². The third-order valence-electron chi connectivity index (χ3n) is 5.89. The second kappa shape index (κ2) is 7.87. The minimum Gasteiger partial charge on any atom is -0.497 e. The van der Waals surface area contributed by atoms with E-state index in [1.165, 1.54) is 0 Å². The van der Waals surface area contributed by atoms with Crippen LogP contribution in [0.2, 0.25) is 0 Å². The van der Waals surface area contributed by atoms with Crippen LogP contribution in [0.15, 0.2) is 48.5 Å². The lowest BCUT2D eigenvalue weighted by Gasteiger charge is -2.43. The molecule has 0 bridgehead atoms. The van der Waals surface area contributed by atoms with Gasteiger partial charge in [0.1, 0.15) is 11.5 Å². The number of hydrogen-bond acceptors (Lipinski definition) is 4. The summed E-state index contributed by atoms with van der Waals surface area (Å²) in [7, 11) is 1.60. The summed E-state index contributed by atoms with van der Waals surface area (Å²) in [5.41, 5.74) is 1.83. The van der Waals surface area contributed by atoms with Crippen LogP contribution in [-0.2, 0) is 4.74 Å². The van der Waals surface area contributed by atoms with Crippen molar-refractivity contribution in [3.8, 4) is 5.75 Å². The van der Waals surface area contributed by atoms with Gasteiger partial charge in [-0.05, 0) is 43.3 Å². The predicted octanol–water partition coefficient (Wildman–Crippen LogP) is 3.11. The molecule has 29 heavy (non-hydrogen) atoms. The monoisotopic (exact) mass is 394 g/mol. The van der Waals surface area contributed by atoms with Gasteiger partial charge >= 0.3 is 0 Å². The molecule has 2 heterocycles. The molecule has 0 saturated carbocycles. The summed E-state index contributed by atoms with van der Waals surface area (Å²) in [5.74, 6) is 0.720. The molecule has 152 valence electrons. The highest BCUT2D eigenvalue weighted by Crippen LogP contribution is 2.35. The first-order valence-electron chi connectivity index (χ1n) is 9.98. The number of nitrogens with zero attached hydrogens (tertiary/aromatic N) is 2. The van der Waals surface area contributed by atoms with Crippen molar-refractivity contribution < 1.29 is 19.1 Å². The Labute approximate surface area is 171 Å². The first-order valence-corrected chi connectivity index (χ1v) is 9.98. The fourth-order valence-corrected chi connectivity index (χ4v) is 4.14. The number of piperidine rings is 1. The molecule has 0 aromatic heterocycles. The van der Waals surface area contributed by atoms with Crippen LogP contribution in [0, 0.1) is 6.92 Å². The lowest BCUT2D eigenvalue weighted by atomic mass is 9.97. The summed E-state index contributed by atoms with van der Waals surface area (Å²) in [4.78, 5) is 29.6. The summed E-state index contributed by atoms with van der Waals surface area (Å²) in [6.07, 6.45) is 1.24. The normalized spacial score (nSPS) is 18.1. The van der Waals surface area contributed by atoms with E-state index in [1.807, 2.05) is 41.0 Å². The van der Waals surface area contributed by atoms with Gasteiger partial charge in [-0.2, -0.15) is 0 Å². The average molecular weight is 394 g/mol. The van der Waals surface area contributed by atoms with Gasteiger partial charge in [-0.25, -0.2) is 0 Å². The Morgan fingerprint density at radius 1 is 0.897 bits per heavy atom. The summed E-state index contributed by atoms with van der Waals surface area (Å²) in [5, 5.41) is 0. The Morgan fingerprint density at radius 2 is 1.48 bits per heavy atom. The largest absolute Gasteiger partial charge is 0.497 e.